The van der Waals surface area contributed by atoms with Crippen LogP contribution in [0.15, 0.2) is 65.7 Å². The van der Waals surface area contributed by atoms with Crippen LogP contribution in [0.2, 0.25) is 0 Å². The predicted octanol–water partition coefficient (Wildman–Crippen LogP) is 4.87. The maximum absolute atomic E-state index is 5.89. The Hall–Kier alpha value is -4.04. The Labute approximate surface area is 174 Å². The first kappa shape index (κ1) is 16.9. The molecule has 6 heterocycles. The maximum atomic E-state index is 5.89. The van der Waals surface area contributed by atoms with E-state index in [0.29, 0.717) is 5.69 Å². The van der Waals surface area contributed by atoms with E-state index in [9.17, 15) is 0 Å². The number of nitrogens with zero attached hydrogens (tertiary/aromatic N) is 4. The minimum absolute atomic E-state index is 0.601. The van der Waals surface area contributed by atoms with Gasteiger partial charge in [0.25, 0.3) is 0 Å². The molecule has 7 nitrogen and oxygen atoms in total. The summed E-state index contributed by atoms with van der Waals surface area (Å²) >= 11 is 1.68. The molecule has 0 spiro atoms. The number of rotatable bonds is 3. The van der Waals surface area contributed by atoms with Crippen LogP contribution in [-0.4, -0.2) is 30.1 Å². The second kappa shape index (κ2) is 6.50. The van der Waals surface area contributed by atoms with Crippen molar-refractivity contribution in [1.82, 2.24) is 30.1 Å². The molecule has 0 saturated carbocycles. The van der Waals surface area contributed by atoms with Gasteiger partial charge in [-0.05, 0) is 58.3 Å². The van der Waals surface area contributed by atoms with Gasteiger partial charge in [0.15, 0.2) is 0 Å². The van der Waals surface area contributed by atoms with Crippen LogP contribution in [0.4, 0.5) is 5.69 Å². The van der Waals surface area contributed by atoms with Crippen LogP contribution in [0, 0.1) is 0 Å². The number of pyridine rings is 3. The molecule has 0 aromatic carbocycles. The van der Waals surface area contributed by atoms with Crippen LogP contribution in [0.5, 0.6) is 0 Å². The Bertz CT molecular complexity index is 1510. The lowest BCUT2D eigenvalue weighted by atomic mass is 10.1. The fourth-order valence-corrected chi connectivity index (χ4v) is 4.33. The lowest BCUT2D eigenvalue weighted by Gasteiger charge is -2.02. The molecule has 6 aromatic heterocycles. The molecule has 0 saturated heterocycles. The highest BCUT2D eigenvalue weighted by Gasteiger charge is 2.16. The molecule has 0 radical (unpaired) electrons. The van der Waals surface area contributed by atoms with Crippen molar-refractivity contribution < 1.29 is 0 Å². The van der Waals surface area contributed by atoms with Crippen LogP contribution >= 0.6 is 11.3 Å². The van der Waals surface area contributed by atoms with E-state index < -0.39 is 0 Å². The fraction of sp³-hybridized carbons (Fsp3) is 0. The summed E-state index contributed by atoms with van der Waals surface area (Å²) in [6.07, 6.45) is 5.19. The molecular weight excluding hydrogens is 394 g/mol. The van der Waals surface area contributed by atoms with E-state index in [1.54, 1.807) is 23.7 Å². The number of nitrogens with two attached hydrogens (primary N) is 1. The zero-order valence-electron chi connectivity index (χ0n) is 15.6. The monoisotopic (exact) mass is 409 g/mol. The molecular formula is C22H15N7S. The van der Waals surface area contributed by atoms with Crippen molar-refractivity contribution in [1.29, 1.82) is 0 Å². The van der Waals surface area contributed by atoms with E-state index in [1.165, 1.54) is 5.56 Å². The topological polar surface area (TPSA) is 109 Å². The summed E-state index contributed by atoms with van der Waals surface area (Å²) in [7, 11) is 0. The van der Waals surface area contributed by atoms with E-state index in [4.69, 9.17) is 10.7 Å². The van der Waals surface area contributed by atoms with Gasteiger partial charge in [-0.1, -0.05) is 0 Å². The number of fused-ring (bicyclic) bond motifs is 2. The van der Waals surface area contributed by atoms with Crippen molar-refractivity contribution in [2.45, 2.75) is 0 Å². The Morgan fingerprint density at radius 2 is 1.97 bits per heavy atom. The maximum Gasteiger partial charge on any atom is 0.138 e. The highest BCUT2D eigenvalue weighted by molar-refractivity contribution is 7.08. The number of aromatic nitrogens is 6. The van der Waals surface area contributed by atoms with Gasteiger partial charge in [0.1, 0.15) is 16.9 Å². The van der Waals surface area contributed by atoms with Crippen molar-refractivity contribution in [3.63, 3.8) is 0 Å². The van der Waals surface area contributed by atoms with E-state index in [-0.39, 0.29) is 0 Å². The molecule has 0 unspecified atom stereocenters. The molecule has 0 aliphatic rings. The first-order chi connectivity index (χ1) is 14.8. The molecule has 144 valence electrons. The van der Waals surface area contributed by atoms with Crippen molar-refractivity contribution in [2.24, 2.45) is 0 Å². The zero-order chi connectivity index (χ0) is 20.1. The van der Waals surface area contributed by atoms with Crippen molar-refractivity contribution in [3.05, 3.63) is 65.7 Å². The number of hydrogen-bond donors (Lipinski definition) is 3. The van der Waals surface area contributed by atoms with Crippen LogP contribution in [0.25, 0.3) is 55.8 Å². The van der Waals surface area contributed by atoms with Crippen LogP contribution in [0.3, 0.4) is 0 Å². The van der Waals surface area contributed by atoms with Gasteiger partial charge in [0.05, 0.1) is 22.6 Å². The van der Waals surface area contributed by atoms with Gasteiger partial charge in [0, 0.05) is 29.5 Å². The van der Waals surface area contributed by atoms with Gasteiger partial charge in [0.2, 0.25) is 0 Å². The summed E-state index contributed by atoms with van der Waals surface area (Å²) < 4.78 is 0. The highest BCUT2D eigenvalue weighted by Crippen LogP contribution is 2.34. The first-order valence-electron chi connectivity index (χ1n) is 9.33. The summed E-state index contributed by atoms with van der Waals surface area (Å²) in [6.45, 7) is 0. The van der Waals surface area contributed by atoms with Crippen molar-refractivity contribution in [3.8, 4) is 33.8 Å². The van der Waals surface area contributed by atoms with E-state index in [2.05, 4.69) is 48.0 Å². The van der Waals surface area contributed by atoms with Gasteiger partial charge in [-0.15, -0.1) is 0 Å². The third kappa shape index (κ3) is 2.66. The quantitative estimate of drug-likeness (QED) is 0.386. The molecule has 0 atom stereocenters. The molecule has 0 bridgehead atoms. The van der Waals surface area contributed by atoms with Crippen molar-refractivity contribution >= 4 is 39.1 Å². The summed E-state index contributed by atoms with van der Waals surface area (Å²) in [4.78, 5) is 16.9. The predicted molar refractivity (Wildman–Crippen MR) is 120 cm³/mol. The Morgan fingerprint density at radius 1 is 1.00 bits per heavy atom. The van der Waals surface area contributed by atoms with Crippen LogP contribution < -0.4 is 5.73 Å². The first-order valence-corrected chi connectivity index (χ1v) is 10.3. The summed E-state index contributed by atoms with van der Waals surface area (Å²) in [5.74, 6) is 0. The lowest BCUT2D eigenvalue weighted by Crippen LogP contribution is -1.90. The van der Waals surface area contributed by atoms with Crippen LogP contribution in [-0.2, 0) is 0 Å². The number of hydrogen-bond acceptors (Lipinski definition) is 6. The number of anilines is 1. The third-order valence-corrected chi connectivity index (χ3v) is 5.77. The standard InChI is InChI=1S/C22H15N7S/c23-14-7-13(9-24-10-14)17-1-2-18-20(26-17)21(29-28-18)19-8-16-15(12-4-6-30-11-12)3-5-25-22(16)27-19/h1-11H,23H2,(H,25,27)(H,28,29). The molecule has 4 N–H and O–H groups in total. The van der Waals surface area contributed by atoms with Gasteiger partial charge < -0.3 is 10.7 Å². The normalized spacial score (nSPS) is 11.5. The number of aromatic amines is 2. The van der Waals surface area contributed by atoms with E-state index in [0.717, 1.165) is 50.3 Å². The number of H-pyrrole nitrogens is 2. The second-order valence-corrected chi connectivity index (χ2v) is 7.77. The van der Waals surface area contributed by atoms with Crippen LogP contribution in [0.1, 0.15) is 0 Å². The lowest BCUT2D eigenvalue weighted by molar-refractivity contribution is 1.12. The Kier molecular flexibility index (Phi) is 3.65. The Balaban J connectivity index is 1.52. The van der Waals surface area contributed by atoms with Crippen molar-refractivity contribution in [2.75, 3.05) is 5.73 Å². The molecule has 0 fully saturated rings. The molecule has 30 heavy (non-hydrogen) atoms. The van der Waals surface area contributed by atoms with E-state index in [1.807, 2.05) is 30.5 Å². The smallest absolute Gasteiger partial charge is 0.138 e. The van der Waals surface area contributed by atoms with Gasteiger partial charge in [-0.25, -0.2) is 9.97 Å². The third-order valence-electron chi connectivity index (χ3n) is 5.08. The summed E-state index contributed by atoms with van der Waals surface area (Å²) in [6, 6.07) is 12.0. The molecule has 8 heteroatoms. The Morgan fingerprint density at radius 3 is 2.83 bits per heavy atom. The van der Waals surface area contributed by atoms with Gasteiger partial charge in [-0.3, -0.25) is 10.1 Å². The summed E-state index contributed by atoms with van der Waals surface area (Å²) in [5.41, 5.74) is 14.5. The molecule has 0 aliphatic carbocycles. The summed E-state index contributed by atoms with van der Waals surface area (Å²) in [5, 5.41) is 12.9. The highest BCUT2D eigenvalue weighted by atomic mass is 32.1. The number of thiophene rings is 1. The average Bonchev–Trinajstić information content (AvgIpc) is 3.51. The number of nitrogen functional groups attached to an aromatic ring is 1. The largest absolute Gasteiger partial charge is 0.397 e. The fourth-order valence-electron chi connectivity index (χ4n) is 3.67. The second-order valence-electron chi connectivity index (χ2n) is 6.99. The molecule has 6 aromatic rings. The van der Waals surface area contributed by atoms with Gasteiger partial charge in [-0.2, -0.15) is 16.4 Å². The molecule has 6 rings (SSSR count). The van der Waals surface area contributed by atoms with E-state index >= 15 is 0 Å². The molecule has 0 amide bonds. The minimum Gasteiger partial charge on any atom is -0.397 e. The zero-order valence-corrected chi connectivity index (χ0v) is 16.4. The average molecular weight is 409 g/mol. The number of nitrogens with one attached hydrogen (secondary N) is 2. The SMILES string of the molecule is Nc1cncc(-c2ccc3[nH]nc(-c4cc5c(-c6ccsc6)ccnc5[nH]4)c3n2)c1. The molecule has 0 aliphatic heterocycles. The van der Waals surface area contributed by atoms with Gasteiger partial charge >= 0.3 is 0 Å². The minimum atomic E-state index is 0.601.